The van der Waals surface area contributed by atoms with Crippen LogP contribution < -0.4 is 10.0 Å². The molecule has 2 aromatic carbocycles. The van der Waals surface area contributed by atoms with E-state index in [0.717, 1.165) is 18.1 Å². The van der Waals surface area contributed by atoms with Gasteiger partial charge in [-0.1, -0.05) is 12.1 Å². The largest absolute Gasteiger partial charge is 0.346 e. The lowest BCUT2D eigenvalue weighted by atomic mass is 10.1. The molecule has 140 valence electrons. The summed E-state index contributed by atoms with van der Waals surface area (Å²) < 4.78 is 47.9. The number of sulfone groups is 1. The zero-order valence-corrected chi connectivity index (χ0v) is 16.2. The van der Waals surface area contributed by atoms with Crippen molar-refractivity contribution in [2.24, 2.45) is 0 Å². The van der Waals surface area contributed by atoms with Crippen LogP contribution in [0.25, 0.3) is 0 Å². The number of hydrogen-bond donors (Lipinski definition) is 2. The van der Waals surface area contributed by atoms with E-state index in [1.54, 1.807) is 31.2 Å². The van der Waals surface area contributed by atoms with Crippen LogP contribution in [0.5, 0.6) is 0 Å². The highest BCUT2D eigenvalue weighted by Gasteiger charge is 2.14. The van der Waals surface area contributed by atoms with Crippen molar-refractivity contribution >= 4 is 31.5 Å². The maximum absolute atomic E-state index is 12.3. The molecular formula is C17H20N2O5S2. The average molecular weight is 396 g/mol. The van der Waals surface area contributed by atoms with Crippen molar-refractivity contribution in [1.29, 1.82) is 0 Å². The van der Waals surface area contributed by atoms with E-state index >= 15 is 0 Å². The van der Waals surface area contributed by atoms with Crippen LogP contribution in [0.1, 0.15) is 28.9 Å². The van der Waals surface area contributed by atoms with Gasteiger partial charge in [-0.05, 0) is 48.9 Å². The number of nitrogens with one attached hydrogen (secondary N) is 2. The van der Waals surface area contributed by atoms with Gasteiger partial charge in [0.25, 0.3) is 5.91 Å². The molecule has 0 radical (unpaired) electrons. The minimum atomic E-state index is -3.39. The molecule has 0 saturated heterocycles. The molecule has 0 fully saturated rings. The SMILES string of the molecule is C[C@@H](NC(=O)c1ccc(S(C)(=O)=O)cc1)c1cccc(NS(C)(=O)=O)c1. The standard InChI is InChI=1S/C17H20N2O5S2/c1-12(14-5-4-6-15(11-14)19-26(3,23)24)18-17(20)13-7-9-16(10-8-13)25(2,21)22/h4-12,19H,1-3H3,(H,18,20)/t12-/m1/s1. The molecule has 0 spiro atoms. The van der Waals surface area contributed by atoms with Gasteiger partial charge in [0.2, 0.25) is 10.0 Å². The highest BCUT2D eigenvalue weighted by atomic mass is 32.2. The van der Waals surface area contributed by atoms with Crippen LogP contribution in [-0.4, -0.2) is 35.3 Å². The van der Waals surface area contributed by atoms with Crippen LogP contribution in [0.2, 0.25) is 0 Å². The average Bonchev–Trinajstić information content (AvgIpc) is 2.52. The Labute approximate surface area is 153 Å². The van der Waals surface area contributed by atoms with Crippen LogP contribution in [-0.2, 0) is 19.9 Å². The van der Waals surface area contributed by atoms with Crippen molar-refractivity contribution < 1.29 is 21.6 Å². The molecule has 26 heavy (non-hydrogen) atoms. The van der Waals surface area contributed by atoms with Gasteiger partial charge in [-0.3, -0.25) is 9.52 Å². The Hall–Kier alpha value is -2.39. The summed E-state index contributed by atoms with van der Waals surface area (Å²) in [5.74, 6) is -0.362. The van der Waals surface area contributed by atoms with E-state index in [1.807, 2.05) is 0 Å². The molecule has 0 aliphatic heterocycles. The van der Waals surface area contributed by atoms with Gasteiger partial charge in [0, 0.05) is 17.5 Å². The molecule has 0 aliphatic rings. The predicted molar refractivity (Wildman–Crippen MR) is 100 cm³/mol. The summed E-state index contributed by atoms with van der Waals surface area (Å²) in [6, 6.07) is 12.0. The molecule has 0 aliphatic carbocycles. The summed E-state index contributed by atoms with van der Waals surface area (Å²) in [5, 5.41) is 2.80. The molecule has 0 bridgehead atoms. The van der Waals surface area contributed by atoms with E-state index in [2.05, 4.69) is 10.0 Å². The second-order valence-corrected chi connectivity index (χ2v) is 9.76. The molecule has 0 saturated carbocycles. The number of anilines is 1. The van der Waals surface area contributed by atoms with Gasteiger partial charge < -0.3 is 5.32 Å². The lowest BCUT2D eigenvalue weighted by molar-refractivity contribution is 0.0939. The third-order valence-corrected chi connectivity index (χ3v) is 5.32. The number of benzene rings is 2. The summed E-state index contributed by atoms with van der Waals surface area (Å²) in [6.45, 7) is 1.77. The van der Waals surface area contributed by atoms with Crippen molar-refractivity contribution in [3.63, 3.8) is 0 Å². The maximum atomic E-state index is 12.3. The first kappa shape index (κ1) is 19.9. The molecule has 1 atom stereocenters. The molecule has 7 nitrogen and oxygen atoms in total. The van der Waals surface area contributed by atoms with Crippen molar-refractivity contribution in [2.75, 3.05) is 17.2 Å². The van der Waals surface area contributed by atoms with E-state index < -0.39 is 19.9 Å². The molecule has 2 aromatic rings. The monoisotopic (exact) mass is 396 g/mol. The molecule has 0 unspecified atom stereocenters. The fourth-order valence-electron chi connectivity index (χ4n) is 2.30. The summed E-state index contributed by atoms with van der Waals surface area (Å²) >= 11 is 0. The van der Waals surface area contributed by atoms with E-state index in [4.69, 9.17) is 0 Å². The molecule has 0 heterocycles. The normalized spacial score (nSPS) is 13.0. The smallest absolute Gasteiger partial charge is 0.251 e. The van der Waals surface area contributed by atoms with Crippen LogP contribution in [0.15, 0.2) is 53.4 Å². The van der Waals surface area contributed by atoms with Gasteiger partial charge in [-0.2, -0.15) is 0 Å². The second-order valence-electron chi connectivity index (χ2n) is 5.99. The maximum Gasteiger partial charge on any atom is 0.251 e. The summed E-state index contributed by atoms with van der Waals surface area (Å²) in [6.07, 6.45) is 2.16. The van der Waals surface area contributed by atoms with Crippen molar-refractivity contribution in [1.82, 2.24) is 5.32 Å². The van der Waals surface area contributed by atoms with Crippen LogP contribution in [0.4, 0.5) is 5.69 Å². The first-order valence-corrected chi connectivity index (χ1v) is 11.4. The van der Waals surface area contributed by atoms with Gasteiger partial charge in [0.05, 0.1) is 17.2 Å². The Morgan fingerprint density at radius 3 is 2.12 bits per heavy atom. The van der Waals surface area contributed by atoms with E-state index in [-0.39, 0.29) is 16.8 Å². The van der Waals surface area contributed by atoms with E-state index in [9.17, 15) is 21.6 Å². The number of carbonyl (C=O) groups is 1. The van der Waals surface area contributed by atoms with E-state index in [1.165, 1.54) is 24.3 Å². The molecule has 2 N–H and O–H groups in total. The highest BCUT2D eigenvalue weighted by molar-refractivity contribution is 7.92. The minimum Gasteiger partial charge on any atom is -0.346 e. The number of amides is 1. The molecule has 2 rings (SSSR count). The zero-order chi connectivity index (χ0) is 19.5. The number of carbonyl (C=O) groups excluding carboxylic acids is 1. The summed E-state index contributed by atoms with van der Waals surface area (Å²) in [4.78, 5) is 12.5. The van der Waals surface area contributed by atoms with Gasteiger partial charge in [-0.25, -0.2) is 16.8 Å². The lowest BCUT2D eigenvalue weighted by Crippen LogP contribution is -2.26. The predicted octanol–water partition coefficient (Wildman–Crippen LogP) is 1.95. The lowest BCUT2D eigenvalue weighted by Gasteiger charge is -2.16. The first-order valence-electron chi connectivity index (χ1n) is 7.64. The molecule has 1 amide bonds. The fraction of sp³-hybridized carbons (Fsp3) is 0.235. The zero-order valence-electron chi connectivity index (χ0n) is 14.6. The van der Waals surface area contributed by atoms with Crippen LogP contribution in [0.3, 0.4) is 0 Å². The number of sulfonamides is 1. The number of hydrogen-bond acceptors (Lipinski definition) is 5. The van der Waals surface area contributed by atoms with E-state index in [0.29, 0.717) is 11.3 Å². The van der Waals surface area contributed by atoms with Gasteiger partial charge in [-0.15, -0.1) is 0 Å². The first-order chi connectivity index (χ1) is 12.0. The Morgan fingerprint density at radius 1 is 0.962 bits per heavy atom. The Kier molecular flexibility index (Phi) is 5.72. The van der Waals surface area contributed by atoms with Crippen molar-refractivity contribution in [3.8, 4) is 0 Å². The van der Waals surface area contributed by atoms with Gasteiger partial charge in [0.15, 0.2) is 9.84 Å². The minimum absolute atomic E-state index is 0.140. The van der Waals surface area contributed by atoms with Crippen molar-refractivity contribution in [2.45, 2.75) is 17.9 Å². The van der Waals surface area contributed by atoms with Crippen LogP contribution in [0, 0.1) is 0 Å². The fourth-order valence-corrected chi connectivity index (χ4v) is 3.49. The topological polar surface area (TPSA) is 109 Å². The third kappa shape index (κ3) is 5.57. The summed E-state index contributed by atoms with van der Waals surface area (Å²) in [7, 11) is -6.71. The van der Waals surface area contributed by atoms with Crippen molar-refractivity contribution in [3.05, 3.63) is 59.7 Å². The Bertz CT molecular complexity index is 1010. The Morgan fingerprint density at radius 2 is 1.58 bits per heavy atom. The van der Waals surface area contributed by atoms with Gasteiger partial charge in [0.1, 0.15) is 0 Å². The summed E-state index contributed by atoms with van der Waals surface area (Å²) in [5.41, 5.74) is 1.46. The number of rotatable bonds is 6. The Balaban J connectivity index is 2.13. The molecule has 0 aromatic heterocycles. The van der Waals surface area contributed by atoms with Gasteiger partial charge >= 0.3 is 0 Å². The third-order valence-electron chi connectivity index (χ3n) is 3.58. The quantitative estimate of drug-likeness (QED) is 0.776. The molecule has 9 heteroatoms. The molecular weight excluding hydrogens is 376 g/mol. The second kappa shape index (κ2) is 7.46. The van der Waals surface area contributed by atoms with Crippen LogP contribution >= 0.6 is 0 Å². The highest BCUT2D eigenvalue weighted by Crippen LogP contribution is 2.19.